The number of aromatic nitrogens is 2. The van der Waals surface area contributed by atoms with Gasteiger partial charge in [-0.25, -0.2) is 9.69 Å². The first-order chi connectivity index (χ1) is 17.7. The van der Waals surface area contributed by atoms with Gasteiger partial charge in [0.15, 0.2) is 0 Å². The minimum absolute atomic E-state index is 0.0781. The number of carbonyl (C=O) groups excluding carboxylic acids is 3. The summed E-state index contributed by atoms with van der Waals surface area (Å²) >= 11 is 0. The number of nitrogens with zero attached hydrogens (tertiary/aromatic N) is 3. The van der Waals surface area contributed by atoms with E-state index < -0.39 is 0 Å². The molecular weight excluding hydrogens is 466 g/mol. The summed E-state index contributed by atoms with van der Waals surface area (Å²) < 4.78 is 1.74. The molecule has 1 saturated heterocycles. The molecule has 0 spiro atoms. The summed E-state index contributed by atoms with van der Waals surface area (Å²) in [7, 11) is 0. The van der Waals surface area contributed by atoms with E-state index in [1.54, 1.807) is 41.2 Å². The third kappa shape index (κ3) is 5.05. The molecule has 2 N–H and O–H groups in total. The van der Waals surface area contributed by atoms with Crippen LogP contribution < -0.4 is 15.8 Å². The fraction of sp³-hybridized carbons (Fsp3) is 0.310. The van der Waals surface area contributed by atoms with Crippen molar-refractivity contribution in [1.29, 1.82) is 0 Å². The van der Waals surface area contributed by atoms with Crippen LogP contribution in [0.2, 0.25) is 0 Å². The van der Waals surface area contributed by atoms with Crippen LogP contribution in [-0.2, 0) is 21.5 Å². The lowest BCUT2D eigenvalue weighted by atomic mass is 9.80. The van der Waals surface area contributed by atoms with Gasteiger partial charge in [0.2, 0.25) is 11.8 Å². The Kier molecular flexibility index (Phi) is 6.41. The van der Waals surface area contributed by atoms with Crippen LogP contribution in [0.5, 0.6) is 0 Å². The number of benzene rings is 2. The Bertz CT molecular complexity index is 1370. The quantitative estimate of drug-likeness (QED) is 0.510. The second-order valence-electron chi connectivity index (χ2n) is 10.6. The maximum atomic E-state index is 13.1. The lowest BCUT2D eigenvalue weighted by Crippen LogP contribution is -2.59. The highest BCUT2D eigenvalue weighted by Gasteiger charge is 2.42. The molecule has 8 heteroatoms. The molecule has 3 amide bonds. The molecule has 37 heavy (non-hydrogen) atoms. The zero-order valence-electron chi connectivity index (χ0n) is 21.3. The molecule has 8 nitrogen and oxygen atoms in total. The number of nitrogens with one attached hydrogen (secondary N) is 2. The fourth-order valence-corrected chi connectivity index (χ4v) is 4.81. The fourth-order valence-electron chi connectivity index (χ4n) is 4.81. The molecule has 1 aliphatic carbocycles. The molecule has 0 radical (unpaired) electrons. The molecule has 1 aliphatic heterocycles. The number of anilines is 2. The lowest BCUT2D eigenvalue weighted by Gasteiger charge is -2.38. The standard InChI is InChI=1S/C29H31N5O3/c1-29(2,3)21-13-11-19(12-14-21)18-33-25(15-16-30-33)31-26(35)20-7-6-8-22(17-20)34-28(37)24-10-5-4-9-23(24)27(36)32-34/h4-8,11-17,23-24H,9-10,18H2,1-3H3,(H,31,35)(H,32,36). The third-order valence-corrected chi connectivity index (χ3v) is 7.01. The van der Waals surface area contributed by atoms with Crippen LogP contribution in [0.1, 0.15) is 55.1 Å². The van der Waals surface area contributed by atoms with Gasteiger partial charge in [-0.05, 0) is 47.6 Å². The predicted octanol–water partition coefficient (Wildman–Crippen LogP) is 4.44. The van der Waals surface area contributed by atoms with E-state index in [4.69, 9.17) is 0 Å². The van der Waals surface area contributed by atoms with Gasteiger partial charge in [-0.2, -0.15) is 5.10 Å². The summed E-state index contributed by atoms with van der Waals surface area (Å²) in [6.45, 7) is 7.05. The number of allylic oxidation sites excluding steroid dienone is 2. The van der Waals surface area contributed by atoms with Gasteiger partial charge in [0, 0.05) is 11.6 Å². The van der Waals surface area contributed by atoms with Crippen molar-refractivity contribution in [2.45, 2.75) is 45.6 Å². The highest BCUT2D eigenvalue weighted by molar-refractivity contribution is 6.07. The van der Waals surface area contributed by atoms with Crippen LogP contribution in [0.4, 0.5) is 11.5 Å². The second-order valence-corrected chi connectivity index (χ2v) is 10.6. The van der Waals surface area contributed by atoms with E-state index in [2.05, 4.69) is 60.9 Å². The summed E-state index contributed by atoms with van der Waals surface area (Å²) in [4.78, 5) is 38.8. The summed E-state index contributed by atoms with van der Waals surface area (Å²) in [5.41, 5.74) is 5.93. The Balaban J connectivity index is 1.30. The van der Waals surface area contributed by atoms with E-state index in [0.717, 1.165) is 5.56 Å². The minimum atomic E-state index is -0.386. The van der Waals surface area contributed by atoms with Gasteiger partial charge >= 0.3 is 0 Å². The van der Waals surface area contributed by atoms with Crippen LogP contribution in [0, 0.1) is 11.8 Å². The highest BCUT2D eigenvalue weighted by Crippen LogP contribution is 2.32. The molecule has 2 heterocycles. The molecule has 0 saturated carbocycles. The number of carbonyl (C=O) groups is 3. The van der Waals surface area contributed by atoms with Gasteiger partial charge in [0.05, 0.1) is 30.3 Å². The first-order valence-electron chi connectivity index (χ1n) is 12.5. The van der Waals surface area contributed by atoms with Crippen molar-refractivity contribution in [2.24, 2.45) is 11.8 Å². The first kappa shape index (κ1) is 24.5. The molecule has 1 fully saturated rings. The van der Waals surface area contributed by atoms with Gasteiger partial charge in [-0.1, -0.05) is 63.3 Å². The van der Waals surface area contributed by atoms with Crippen LogP contribution in [-0.4, -0.2) is 27.5 Å². The number of fused-ring (bicyclic) bond motifs is 1. The molecule has 3 aromatic rings. The van der Waals surface area contributed by atoms with E-state index in [1.165, 1.54) is 10.6 Å². The van der Waals surface area contributed by atoms with E-state index in [1.807, 2.05) is 12.2 Å². The van der Waals surface area contributed by atoms with Crippen molar-refractivity contribution in [3.63, 3.8) is 0 Å². The lowest BCUT2D eigenvalue weighted by molar-refractivity contribution is -0.139. The second kappa shape index (κ2) is 9.69. The SMILES string of the molecule is CC(C)(C)c1ccc(Cn2nccc2NC(=O)c2cccc(N3NC(=O)C4CC=CCC4C3=O)c2)cc1. The van der Waals surface area contributed by atoms with Crippen LogP contribution in [0.25, 0.3) is 0 Å². The van der Waals surface area contributed by atoms with Crippen molar-refractivity contribution in [2.75, 3.05) is 10.3 Å². The minimum Gasteiger partial charge on any atom is -0.307 e. The van der Waals surface area contributed by atoms with E-state index in [9.17, 15) is 14.4 Å². The van der Waals surface area contributed by atoms with Gasteiger partial charge < -0.3 is 5.32 Å². The molecule has 2 aliphatic rings. The number of hydrazine groups is 1. The Labute approximate surface area is 216 Å². The Hall–Kier alpha value is -4.20. The number of rotatable bonds is 5. The zero-order chi connectivity index (χ0) is 26.2. The summed E-state index contributed by atoms with van der Waals surface area (Å²) in [5, 5.41) is 8.56. The van der Waals surface area contributed by atoms with Gasteiger partial charge in [0.1, 0.15) is 5.82 Å². The van der Waals surface area contributed by atoms with Gasteiger partial charge in [-0.15, -0.1) is 0 Å². The van der Waals surface area contributed by atoms with Crippen LogP contribution in [0.15, 0.2) is 72.9 Å². The molecule has 0 bridgehead atoms. The predicted molar refractivity (Wildman–Crippen MR) is 142 cm³/mol. The molecule has 2 unspecified atom stereocenters. The largest absolute Gasteiger partial charge is 0.307 e. The van der Waals surface area contributed by atoms with E-state index >= 15 is 0 Å². The Morgan fingerprint density at radius 3 is 2.49 bits per heavy atom. The Morgan fingerprint density at radius 2 is 1.76 bits per heavy atom. The number of hydrogen-bond acceptors (Lipinski definition) is 4. The van der Waals surface area contributed by atoms with Crippen LogP contribution in [0.3, 0.4) is 0 Å². The third-order valence-electron chi connectivity index (χ3n) is 7.01. The van der Waals surface area contributed by atoms with Crippen molar-refractivity contribution in [3.05, 3.63) is 89.6 Å². The van der Waals surface area contributed by atoms with Crippen molar-refractivity contribution in [3.8, 4) is 0 Å². The van der Waals surface area contributed by atoms with Crippen molar-refractivity contribution in [1.82, 2.24) is 15.2 Å². The molecule has 5 rings (SSSR count). The van der Waals surface area contributed by atoms with Crippen LogP contribution >= 0.6 is 0 Å². The molecule has 1 aromatic heterocycles. The first-order valence-corrected chi connectivity index (χ1v) is 12.5. The molecular formula is C29H31N5O3. The normalized spacial score (nSPS) is 19.4. The zero-order valence-corrected chi connectivity index (χ0v) is 21.3. The van der Waals surface area contributed by atoms with Gasteiger partial charge in [-0.3, -0.25) is 19.8 Å². The summed E-state index contributed by atoms with van der Waals surface area (Å²) in [6, 6.07) is 16.8. The molecule has 2 atom stereocenters. The van der Waals surface area contributed by atoms with Crippen molar-refractivity contribution >= 4 is 29.2 Å². The van der Waals surface area contributed by atoms with E-state index in [0.29, 0.717) is 36.5 Å². The smallest absolute Gasteiger partial charge is 0.256 e. The van der Waals surface area contributed by atoms with Gasteiger partial charge in [0.25, 0.3) is 5.91 Å². The average molecular weight is 498 g/mol. The number of amides is 3. The molecule has 190 valence electrons. The number of hydrogen-bond donors (Lipinski definition) is 2. The van der Waals surface area contributed by atoms with E-state index in [-0.39, 0.29) is 35.0 Å². The average Bonchev–Trinajstić information content (AvgIpc) is 3.32. The van der Waals surface area contributed by atoms with Crippen molar-refractivity contribution < 1.29 is 14.4 Å². The highest BCUT2D eigenvalue weighted by atomic mass is 16.2. The summed E-state index contributed by atoms with van der Waals surface area (Å²) in [6.07, 6.45) is 6.64. The topological polar surface area (TPSA) is 96.3 Å². The maximum absolute atomic E-state index is 13.1. The molecule has 2 aromatic carbocycles. The summed E-state index contributed by atoms with van der Waals surface area (Å²) in [5.74, 6) is -0.839. The Morgan fingerprint density at radius 1 is 1.03 bits per heavy atom. The monoisotopic (exact) mass is 497 g/mol. The maximum Gasteiger partial charge on any atom is 0.256 e.